The fourth-order valence-corrected chi connectivity index (χ4v) is 3.87. The molecule has 1 aromatic carbocycles. The normalized spacial score (nSPS) is 19.1. The zero-order valence-corrected chi connectivity index (χ0v) is 14.8. The summed E-state index contributed by atoms with van der Waals surface area (Å²) >= 11 is 0. The molecule has 0 aromatic heterocycles. The van der Waals surface area contributed by atoms with E-state index < -0.39 is 16.4 Å². The highest BCUT2D eigenvalue weighted by atomic mass is 32.2. The minimum atomic E-state index is -1.04. The van der Waals surface area contributed by atoms with E-state index in [1.807, 2.05) is 13.8 Å². The number of hydrogen-bond acceptors (Lipinski definition) is 3. The Labute approximate surface area is 141 Å². The minimum absolute atomic E-state index is 0.0548. The van der Waals surface area contributed by atoms with E-state index in [9.17, 15) is 14.1 Å². The third-order valence-electron chi connectivity index (χ3n) is 4.39. The van der Waals surface area contributed by atoms with Crippen LogP contribution in [-0.4, -0.2) is 32.6 Å². The third-order valence-corrected chi connectivity index (χ3v) is 5.98. The van der Waals surface area contributed by atoms with E-state index in [-0.39, 0.29) is 11.2 Å². The van der Waals surface area contributed by atoms with E-state index in [4.69, 9.17) is 0 Å². The van der Waals surface area contributed by atoms with Gasteiger partial charge in [-0.1, -0.05) is 39.5 Å². The van der Waals surface area contributed by atoms with Crippen LogP contribution in [0.5, 0.6) is 0 Å². The van der Waals surface area contributed by atoms with Crippen molar-refractivity contribution in [3.8, 4) is 0 Å². The molecule has 0 aliphatic heterocycles. The lowest BCUT2D eigenvalue weighted by Gasteiger charge is -2.26. The van der Waals surface area contributed by atoms with E-state index in [1.54, 1.807) is 24.3 Å². The van der Waals surface area contributed by atoms with Gasteiger partial charge in [-0.05, 0) is 37.1 Å². The highest BCUT2D eigenvalue weighted by Crippen LogP contribution is 2.26. The van der Waals surface area contributed by atoms with Gasteiger partial charge in [-0.15, -0.1) is 0 Å². The quantitative estimate of drug-likeness (QED) is 0.812. The largest absolute Gasteiger partial charge is 0.388 e. The van der Waals surface area contributed by atoms with E-state index in [1.165, 1.54) is 0 Å². The summed E-state index contributed by atoms with van der Waals surface area (Å²) in [5, 5.41) is 13.5. The molecule has 1 aromatic rings. The lowest BCUT2D eigenvalue weighted by Crippen LogP contribution is -2.42. The third kappa shape index (κ3) is 5.15. The summed E-state index contributed by atoms with van der Waals surface area (Å²) in [6, 6.07) is 6.88. The molecular formula is C18H27NO3S. The molecule has 0 radical (unpaired) electrons. The first-order valence-electron chi connectivity index (χ1n) is 8.42. The summed E-state index contributed by atoms with van der Waals surface area (Å²) in [5.74, 6) is -0.190. The van der Waals surface area contributed by atoms with Gasteiger partial charge in [0.15, 0.2) is 0 Å². The second-order valence-electron chi connectivity index (χ2n) is 6.69. The van der Waals surface area contributed by atoms with Crippen molar-refractivity contribution in [1.82, 2.24) is 5.32 Å². The van der Waals surface area contributed by atoms with Crippen LogP contribution in [0.25, 0.3) is 0 Å². The predicted molar refractivity (Wildman–Crippen MR) is 93.0 cm³/mol. The van der Waals surface area contributed by atoms with Crippen molar-refractivity contribution < 1.29 is 14.1 Å². The lowest BCUT2D eigenvalue weighted by molar-refractivity contribution is 0.0246. The van der Waals surface area contributed by atoms with Gasteiger partial charge in [0.2, 0.25) is 0 Å². The molecule has 5 heteroatoms. The summed E-state index contributed by atoms with van der Waals surface area (Å²) in [5.41, 5.74) is -0.239. The molecule has 1 aliphatic rings. The van der Waals surface area contributed by atoms with Crippen molar-refractivity contribution in [2.24, 2.45) is 0 Å². The van der Waals surface area contributed by atoms with Crippen molar-refractivity contribution in [3.05, 3.63) is 29.8 Å². The standard InChI is InChI=1S/C18H27NO3S/c1-14(2)23(22)16-9-7-15(8-10-16)17(20)19-13-18(21)11-5-3-4-6-12-18/h7-10,14,21H,3-6,11-13H2,1-2H3,(H,19,20). The number of hydrogen-bond donors (Lipinski definition) is 2. The number of nitrogens with one attached hydrogen (secondary N) is 1. The smallest absolute Gasteiger partial charge is 0.251 e. The molecule has 2 N–H and O–H groups in total. The van der Waals surface area contributed by atoms with Crippen LogP contribution in [0, 0.1) is 0 Å². The molecule has 1 saturated carbocycles. The van der Waals surface area contributed by atoms with Crippen LogP contribution in [0.4, 0.5) is 0 Å². The number of carbonyl (C=O) groups is 1. The van der Waals surface area contributed by atoms with Crippen LogP contribution in [0.1, 0.15) is 62.7 Å². The summed E-state index contributed by atoms with van der Waals surface area (Å²) in [7, 11) is -1.04. The van der Waals surface area contributed by atoms with Crippen molar-refractivity contribution in [1.29, 1.82) is 0 Å². The topological polar surface area (TPSA) is 66.4 Å². The van der Waals surface area contributed by atoms with E-state index in [0.29, 0.717) is 12.1 Å². The molecule has 0 heterocycles. The predicted octanol–water partition coefficient (Wildman–Crippen LogP) is 3.02. The van der Waals surface area contributed by atoms with Crippen LogP contribution in [0.2, 0.25) is 0 Å². The van der Waals surface area contributed by atoms with Crippen molar-refractivity contribution in [3.63, 3.8) is 0 Å². The summed E-state index contributed by atoms with van der Waals surface area (Å²) in [6.45, 7) is 4.11. The lowest BCUT2D eigenvalue weighted by atomic mass is 9.94. The molecule has 1 unspecified atom stereocenters. The summed E-state index contributed by atoms with van der Waals surface area (Å²) in [4.78, 5) is 13.0. The van der Waals surface area contributed by atoms with Gasteiger partial charge in [-0.2, -0.15) is 0 Å². The van der Waals surface area contributed by atoms with Gasteiger partial charge in [0.05, 0.1) is 16.4 Å². The Balaban J connectivity index is 1.94. The highest BCUT2D eigenvalue weighted by Gasteiger charge is 2.28. The van der Waals surface area contributed by atoms with Crippen LogP contribution in [0.3, 0.4) is 0 Å². The fraction of sp³-hybridized carbons (Fsp3) is 0.611. The number of aliphatic hydroxyl groups is 1. The molecule has 0 spiro atoms. The molecule has 1 amide bonds. The number of rotatable bonds is 5. The van der Waals surface area contributed by atoms with E-state index in [2.05, 4.69) is 5.32 Å². The molecule has 0 saturated heterocycles. The average Bonchev–Trinajstić information content (AvgIpc) is 2.77. The molecular weight excluding hydrogens is 310 g/mol. The Morgan fingerprint density at radius 1 is 1.17 bits per heavy atom. The van der Waals surface area contributed by atoms with E-state index in [0.717, 1.165) is 43.4 Å². The molecule has 1 fully saturated rings. The highest BCUT2D eigenvalue weighted by molar-refractivity contribution is 7.85. The first-order chi connectivity index (χ1) is 10.9. The van der Waals surface area contributed by atoms with Gasteiger partial charge in [0.25, 0.3) is 5.91 Å². The van der Waals surface area contributed by atoms with Crippen molar-refractivity contribution in [2.45, 2.75) is 68.1 Å². The maximum atomic E-state index is 12.2. The van der Waals surface area contributed by atoms with Gasteiger partial charge in [-0.25, -0.2) is 0 Å². The Bertz CT molecular complexity index is 546. The number of amides is 1. The SMILES string of the molecule is CC(C)S(=O)c1ccc(C(=O)NCC2(O)CCCCCC2)cc1. The van der Waals surface area contributed by atoms with Crippen molar-refractivity contribution in [2.75, 3.05) is 6.54 Å². The van der Waals surface area contributed by atoms with Gasteiger partial charge in [0.1, 0.15) is 0 Å². The van der Waals surface area contributed by atoms with Crippen molar-refractivity contribution >= 4 is 16.7 Å². The monoisotopic (exact) mass is 337 g/mol. The fourth-order valence-electron chi connectivity index (χ4n) is 2.92. The minimum Gasteiger partial charge on any atom is -0.388 e. The molecule has 1 atom stereocenters. The zero-order valence-electron chi connectivity index (χ0n) is 14.0. The molecule has 23 heavy (non-hydrogen) atoms. The second kappa shape index (κ2) is 8.06. The van der Waals surface area contributed by atoms with E-state index >= 15 is 0 Å². The van der Waals surface area contributed by atoms with Gasteiger partial charge < -0.3 is 10.4 Å². The summed E-state index contributed by atoms with van der Waals surface area (Å²) < 4.78 is 12.0. The first-order valence-corrected chi connectivity index (χ1v) is 9.64. The Morgan fingerprint density at radius 3 is 2.26 bits per heavy atom. The molecule has 1 aliphatic carbocycles. The molecule has 4 nitrogen and oxygen atoms in total. The van der Waals surface area contributed by atoms with Gasteiger partial charge in [-0.3, -0.25) is 9.00 Å². The van der Waals surface area contributed by atoms with Crippen LogP contribution < -0.4 is 5.32 Å². The maximum Gasteiger partial charge on any atom is 0.251 e. The van der Waals surface area contributed by atoms with Gasteiger partial charge in [0, 0.05) is 22.3 Å². The Morgan fingerprint density at radius 2 is 1.74 bits per heavy atom. The molecule has 0 bridgehead atoms. The van der Waals surface area contributed by atoms with Gasteiger partial charge >= 0.3 is 0 Å². The maximum absolute atomic E-state index is 12.2. The number of carbonyl (C=O) groups excluding carboxylic acids is 1. The van der Waals surface area contributed by atoms with Crippen LogP contribution in [0.15, 0.2) is 29.2 Å². The summed E-state index contributed by atoms with van der Waals surface area (Å²) in [6.07, 6.45) is 5.85. The van der Waals surface area contributed by atoms with Crippen LogP contribution >= 0.6 is 0 Å². The second-order valence-corrected chi connectivity index (χ2v) is 8.70. The average molecular weight is 337 g/mol. The molecule has 128 valence electrons. The van der Waals surface area contributed by atoms with Crippen LogP contribution in [-0.2, 0) is 10.8 Å². The number of benzene rings is 1. The zero-order chi connectivity index (χ0) is 16.9. The first kappa shape index (κ1) is 18.1. The Kier molecular flexibility index (Phi) is 6.36. The molecule has 2 rings (SSSR count). The Hall–Kier alpha value is -1.20.